The van der Waals surface area contributed by atoms with Crippen LogP contribution in [0.2, 0.25) is 0 Å². The van der Waals surface area contributed by atoms with Crippen LogP contribution >= 0.6 is 0 Å². The molecule has 2 rings (SSSR count). The average molecular weight is 182 g/mol. The van der Waals surface area contributed by atoms with E-state index in [4.69, 9.17) is 4.74 Å². The molecule has 0 aromatic heterocycles. The van der Waals surface area contributed by atoms with Crippen LogP contribution in [0, 0.1) is 11.3 Å². The van der Waals surface area contributed by atoms with Crippen molar-refractivity contribution in [3.05, 3.63) is 0 Å². The van der Waals surface area contributed by atoms with Gasteiger partial charge in [0.2, 0.25) is 0 Å². The van der Waals surface area contributed by atoms with Gasteiger partial charge in [0.25, 0.3) is 0 Å². The first-order chi connectivity index (χ1) is 5.89. The first-order valence-corrected chi connectivity index (χ1v) is 4.66. The normalized spacial score (nSPS) is 41.9. The minimum atomic E-state index is -0.868. The third-order valence-electron chi connectivity index (χ3n) is 3.88. The molecule has 2 fully saturated rings. The molecule has 1 aliphatic carbocycles. The fourth-order valence-corrected chi connectivity index (χ4v) is 2.44. The van der Waals surface area contributed by atoms with Gasteiger partial charge in [-0.2, -0.15) is 0 Å². The van der Waals surface area contributed by atoms with E-state index in [0.717, 1.165) is 0 Å². The van der Waals surface area contributed by atoms with Gasteiger partial charge >= 0.3 is 5.97 Å². The van der Waals surface area contributed by atoms with E-state index in [1.165, 1.54) is 0 Å². The summed E-state index contributed by atoms with van der Waals surface area (Å²) in [6.07, 6.45) is 1.14. The monoisotopic (exact) mass is 182 g/mol. The van der Waals surface area contributed by atoms with Gasteiger partial charge in [0.1, 0.15) is 0 Å². The van der Waals surface area contributed by atoms with E-state index in [2.05, 4.69) is 0 Å². The molecular formula is C10H14O3. The number of fused-ring (bicyclic) bond motifs is 2. The van der Waals surface area contributed by atoms with Crippen molar-refractivity contribution in [2.75, 3.05) is 0 Å². The highest BCUT2D eigenvalue weighted by Gasteiger charge is 2.64. The van der Waals surface area contributed by atoms with Crippen molar-refractivity contribution in [3.8, 4) is 0 Å². The molecule has 72 valence electrons. The lowest BCUT2D eigenvalue weighted by Gasteiger charge is -2.39. The quantitative estimate of drug-likeness (QED) is 0.530. The van der Waals surface area contributed by atoms with E-state index in [9.17, 15) is 9.59 Å². The number of Topliss-reactive ketones (excluding diaryl/α,β-unsaturated/α-hetero) is 1. The zero-order valence-corrected chi connectivity index (χ0v) is 8.22. The van der Waals surface area contributed by atoms with E-state index < -0.39 is 5.60 Å². The van der Waals surface area contributed by atoms with Gasteiger partial charge in [0.05, 0.1) is 5.92 Å². The Bertz CT molecular complexity index is 293. The molecule has 0 amide bonds. The summed E-state index contributed by atoms with van der Waals surface area (Å²) in [6, 6.07) is 0. The maximum atomic E-state index is 11.7. The number of hydrogen-bond acceptors (Lipinski definition) is 3. The first-order valence-electron chi connectivity index (χ1n) is 4.66. The zero-order chi connectivity index (χ0) is 9.85. The molecular weight excluding hydrogens is 168 g/mol. The Kier molecular flexibility index (Phi) is 1.44. The molecule has 3 nitrogen and oxygen atoms in total. The summed E-state index contributed by atoms with van der Waals surface area (Å²) >= 11 is 0. The van der Waals surface area contributed by atoms with Crippen LogP contribution in [-0.4, -0.2) is 17.4 Å². The molecule has 0 unspecified atom stereocenters. The molecule has 1 aliphatic heterocycles. The Labute approximate surface area is 77.4 Å². The van der Waals surface area contributed by atoms with Crippen molar-refractivity contribution >= 4 is 11.8 Å². The SMILES string of the molecule is CC1(C)[C@@H]2CCC(=O)[C@@]1(C)OC2=O. The highest BCUT2D eigenvalue weighted by Crippen LogP contribution is 2.53. The van der Waals surface area contributed by atoms with E-state index in [1.807, 2.05) is 13.8 Å². The highest BCUT2D eigenvalue weighted by molar-refractivity contribution is 5.96. The third-order valence-corrected chi connectivity index (χ3v) is 3.88. The second-order valence-electron chi connectivity index (χ2n) is 4.69. The third kappa shape index (κ3) is 0.798. The predicted molar refractivity (Wildman–Crippen MR) is 46.0 cm³/mol. The van der Waals surface area contributed by atoms with Crippen LogP contribution < -0.4 is 0 Å². The molecule has 0 spiro atoms. The first kappa shape index (κ1) is 8.73. The minimum absolute atomic E-state index is 0.0691. The number of ether oxygens (including phenoxy) is 1. The Morgan fingerprint density at radius 3 is 2.46 bits per heavy atom. The van der Waals surface area contributed by atoms with Crippen molar-refractivity contribution in [1.82, 2.24) is 0 Å². The van der Waals surface area contributed by atoms with Crippen LogP contribution in [0.1, 0.15) is 33.6 Å². The number of hydrogen-bond donors (Lipinski definition) is 0. The Morgan fingerprint density at radius 2 is 1.92 bits per heavy atom. The number of ketones is 1. The lowest BCUT2D eigenvalue weighted by atomic mass is 9.62. The second kappa shape index (κ2) is 2.14. The molecule has 13 heavy (non-hydrogen) atoms. The molecule has 0 aromatic carbocycles. The van der Waals surface area contributed by atoms with Crippen molar-refractivity contribution in [2.24, 2.45) is 11.3 Å². The molecule has 1 saturated heterocycles. The highest BCUT2D eigenvalue weighted by atomic mass is 16.6. The minimum Gasteiger partial charge on any atom is -0.451 e. The summed E-state index contributed by atoms with van der Waals surface area (Å²) in [7, 11) is 0. The summed E-state index contributed by atoms with van der Waals surface area (Å²) < 4.78 is 5.21. The summed E-state index contributed by atoms with van der Waals surface area (Å²) in [5.74, 6) is -0.215. The summed E-state index contributed by atoms with van der Waals surface area (Å²) in [4.78, 5) is 23.1. The molecule has 0 aromatic rings. The smallest absolute Gasteiger partial charge is 0.310 e. The number of carbonyl (C=O) groups excluding carboxylic acids is 2. The Hall–Kier alpha value is -0.860. The lowest BCUT2D eigenvalue weighted by molar-refractivity contribution is -0.159. The molecule has 2 bridgehead atoms. The number of rotatable bonds is 0. The van der Waals surface area contributed by atoms with Gasteiger partial charge < -0.3 is 4.74 Å². The second-order valence-corrected chi connectivity index (χ2v) is 4.69. The molecule has 0 N–H and O–H groups in total. The van der Waals surface area contributed by atoms with Crippen LogP contribution in [0.3, 0.4) is 0 Å². The number of carbonyl (C=O) groups is 2. The molecule has 0 radical (unpaired) electrons. The van der Waals surface area contributed by atoms with Gasteiger partial charge in [0, 0.05) is 11.8 Å². The van der Waals surface area contributed by atoms with Crippen LogP contribution in [0.15, 0.2) is 0 Å². The lowest BCUT2D eigenvalue weighted by Crippen LogP contribution is -2.51. The van der Waals surface area contributed by atoms with Crippen molar-refractivity contribution in [2.45, 2.75) is 39.2 Å². The van der Waals surface area contributed by atoms with Crippen LogP contribution in [0.25, 0.3) is 0 Å². The largest absolute Gasteiger partial charge is 0.451 e. The van der Waals surface area contributed by atoms with Gasteiger partial charge in [-0.15, -0.1) is 0 Å². The average Bonchev–Trinajstić information content (AvgIpc) is 2.13. The predicted octanol–water partition coefficient (Wildman–Crippen LogP) is 1.31. The van der Waals surface area contributed by atoms with Gasteiger partial charge in [-0.05, 0) is 13.3 Å². The van der Waals surface area contributed by atoms with Crippen molar-refractivity contribution in [3.63, 3.8) is 0 Å². The molecule has 1 heterocycles. The van der Waals surface area contributed by atoms with Gasteiger partial charge in [-0.3, -0.25) is 9.59 Å². The molecule has 1 saturated carbocycles. The van der Waals surface area contributed by atoms with Crippen LogP contribution in [0.4, 0.5) is 0 Å². The Balaban J connectivity index is 2.52. The van der Waals surface area contributed by atoms with E-state index >= 15 is 0 Å². The molecule has 2 aliphatic rings. The number of esters is 1. The van der Waals surface area contributed by atoms with E-state index in [-0.39, 0.29) is 23.1 Å². The molecule has 3 heteroatoms. The van der Waals surface area contributed by atoms with Crippen LogP contribution in [0.5, 0.6) is 0 Å². The van der Waals surface area contributed by atoms with E-state index in [1.54, 1.807) is 6.92 Å². The van der Waals surface area contributed by atoms with Crippen LogP contribution in [-0.2, 0) is 14.3 Å². The van der Waals surface area contributed by atoms with Gasteiger partial charge in [0.15, 0.2) is 11.4 Å². The maximum Gasteiger partial charge on any atom is 0.310 e. The fourth-order valence-electron chi connectivity index (χ4n) is 2.44. The standard InChI is InChI=1S/C10H14O3/c1-9(2)6-4-5-7(11)10(9,3)13-8(6)12/h6H,4-5H2,1-3H3/t6-,10-/m1/s1. The zero-order valence-electron chi connectivity index (χ0n) is 8.22. The summed E-state index contributed by atoms with van der Waals surface area (Å²) in [6.45, 7) is 5.63. The Morgan fingerprint density at radius 1 is 1.31 bits per heavy atom. The van der Waals surface area contributed by atoms with Gasteiger partial charge in [-0.1, -0.05) is 13.8 Å². The van der Waals surface area contributed by atoms with Crippen molar-refractivity contribution in [1.29, 1.82) is 0 Å². The molecule has 2 atom stereocenters. The summed E-state index contributed by atoms with van der Waals surface area (Å²) in [5, 5.41) is 0. The maximum absolute atomic E-state index is 11.7. The van der Waals surface area contributed by atoms with Crippen molar-refractivity contribution < 1.29 is 14.3 Å². The van der Waals surface area contributed by atoms with E-state index in [0.29, 0.717) is 12.8 Å². The topological polar surface area (TPSA) is 43.4 Å². The van der Waals surface area contributed by atoms with Gasteiger partial charge in [-0.25, -0.2) is 0 Å². The fraction of sp³-hybridized carbons (Fsp3) is 0.800. The summed E-state index contributed by atoms with van der Waals surface area (Å²) in [5.41, 5.74) is -1.20.